The van der Waals surface area contributed by atoms with Crippen LogP contribution in [0, 0.1) is 0 Å². The second-order valence-electron chi connectivity index (χ2n) is 3.52. The Morgan fingerprint density at radius 2 is 2.06 bits per heavy atom. The van der Waals surface area contributed by atoms with E-state index in [1.807, 2.05) is 24.3 Å². The molecule has 0 unspecified atom stereocenters. The van der Waals surface area contributed by atoms with Gasteiger partial charge in [0.25, 0.3) is 0 Å². The molecule has 0 radical (unpaired) electrons. The van der Waals surface area contributed by atoms with Crippen LogP contribution in [0.1, 0.15) is 0 Å². The van der Waals surface area contributed by atoms with Crippen LogP contribution in [0.15, 0.2) is 47.1 Å². The molecule has 0 amide bonds. The molecule has 2 heterocycles. The summed E-state index contributed by atoms with van der Waals surface area (Å²) in [5.74, 6) is 0.00639. The van der Waals surface area contributed by atoms with Crippen molar-refractivity contribution in [2.75, 3.05) is 0 Å². The molecule has 78 valence electrons. The molecule has 0 spiro atoms. The van der Waals surface area contributed by atoms with Crippen molar-refractivity contribution in [1.29, 1.82) is 0 Å². The topological polar surface area (TPSA) is 40.1 Å². The Hall–Kier alpha value is -1.68. The van der Waals surface area contributed by atoms with Crippen LogP contribution in [0.4, 0.5) is 0 Å². The largest absolute Gasteiger partial charge is 0.867 e. The zero-order valence-electron chi connectivity index (χ0n) is 8.22. The van der Waals surface area contributed by atoms with Crippen LogP contribution in [0.25, 0.3) is 16.4 Å². The fourth-order valence-electron chi connectivity index (χ4n) is 1.73. The number of aromatic nitrogens is 2. The highest BCUT2D eigenvalue weighted by Gasteiger charge is 2.08. The molecular weight excluding hydrogens is 268 g/mol. The maximum absolute atomic E-state index is 12.2. The van der Waals surface area contributed by atoms with E-state index in [9.17, 15) is 5.11 Å². The van der Waals surface area contributed by atoms with Gasteiger partial charge in [-0.15, -0.1) is 0 Å². The third kappa shape index (κ3) is 1.34. The average molecular weight is 275 g/mol. The fourth-order valence-corrected chi connectivity index (χ4v) is 2.09. The second kappa shape index (κ2) is 3.42. The summed E-state index contributed by atoms with van der Waals surface area (Å²) in [4.78, 5) is 0. The SMILES string of the molecule is [O-]c1c2cc(Br)ccc2n[n+]2ccccc12. The molecule has 3 rings (SSSR count). The van der Waals surface area contributed by atoms with Crippen LogP contribution < -0.4 is 9.62 Å². The predicted octanol–water partition coefficient (Wildman–Crippen LogP) is 1.81. The van der Waals surface area contributed by atoms with Gasteiger partial charge in [-0.05, 0) is 30.0 Å². The van der Waals surface area contributed by atoms with E-state index < -0.39 is 0 Å². The molecule has 0 aliphatic heterocycles. The van der Waals surface area contributed by atoms with Gasteiger partial charge in [0.2, 0.25) is 11.7 Å². The molecule has 0 N–H and O–H groups in total. The average Bonchev–Trinajstić information content (AvgIpc) is 2.31. The lowest BCUT2D eigenvalue weighted by Gasteiger charge is -2.08. The molecule has 3 aromatic rings. The van der Waals surface area contributed by atoms with Crippen molar-refractivity contribution in [3.05, 3.63) is 47.1 Å². The third-order valence-electron chi connectivity index (χ3n) is 2.49. The van der Waals surface area contributed by atoms with Gasteiger partial charge in [-0.25, -0.2) is 0 Å². The number of hydrogen-bond acceptors (Lipinski definition) is 2. The van der Waals surface area contributed by atoms with Crippen molar-refractivity contribution in [2.45, 2.75) is 0 Å². The number of hydrogen-bond donors (Lipinski definition) is 0. The van der Waals surface area contributed by atoms with Gasteiger partial charge in [0.15, 0.2) is 0 Å². The number of rotatable bonds is 0. The van der Waals surface area contributed by atoms with E-state index in [4.69, 9.17) is 0 Å². The van der Waals surface area contributed by atoms with E-state index >= 15 is 0 Å². The summed E-state index contributed by atoms with van der Waals surface area (Å²) >= 11 is 3.36. The summed E-state index contributed by atoms with van der Waals surface area (Å²) in [6.07, 6.45) is 1.78. The molecule has 2 aromatic heterocycles. The molecule has 1 aromatic carbocycles. The normalized spacial score (nSPS) is 11.1. The van der Waals surface area contributed by atoms with Crippen molar-refractivity contribution in [1.82, 2.24) is 5.10 Å². The summed E-state index contributed by atoms with van der Waals surface area (Å²) in [6.45, 7) is 0. The lowest BCUT2D eigenvalue weighted by atomic mass is 10.2. The summed E-state index contributed by atoms with van der Waals surface area (Å²) in [7, 11) is 0. The molecular formula is C12H7BrN2O. The molecule has 0 atom stereocenters. The van der Waals surface area contributed by atoms with E-state index in [1.165, 1.54) is 0 Å². The molecule has 3 nitrogen and oxygen atoms in total. The van der Waals surface area contributed by atoms with Crippen LogP contribution >= 0.6 is 15.9 Å². The zero-order chi connectivity index (χ0) is 11.1. The van der Waals surface area contributed by atoms with Gasteiger partial charge in [0, 0.05) is 27.1 Å². The van der Waals surface area contributed by atoms with Gasteiger partial charge in [0.05, 0.1) is 0 Å². The molecule has 0 aliphatic rings. The number of pyridine rings is 1. The van der Waals surface area contributed by atoms with Gasteiger partial charge in [0.1, 0.15) is 5.52 Å². The van der Waals surface area contributed by atoms with Crippen LogP contribution in [0.2, 0.25) is 0 Å². The van der Waals surface area contributed by atoms with Crippen molar-refractivity contribution in [3.63, 3.8) is 0 Å². The Balaban J connectivity index is 2.56. The molecule has 4 heteroatoms. The van der Waals surface area contributed by atoms with Crippen LogP contribution in [0.3, 0.4) is 0 Å². The maximum atomic E-state index is 12.2. The fraction of sp³-hybridized carbons (Fsp3) is 0. The van der Waals surface area contributed by atoms with Gasteiger partial charge >= 0.3 is 0 Å². The van der Waals surface area contributed by atoms with E-state index in [2.05, 4.69) is 21.0 Å². The highest BCUT2D eigenvalue weighted by atomic mass is 79.9. The zero-order valence-corrected chi connectivity index (χ0v) is 9.81. The number of fused-ring (bicyclic) bond motifs is 2. The summed E-state index contributed by atoms with van der Waals surface area (Å²) in [5, 5.41) is 17.2. The molecule has 0 saturated heterocycles. The van der Waals surface area contributed by atoms with Crippen LogP contribution in [-0.2, 0) is 0 Å². The molecule has 16 heavy (non-hydrogen) atoms. The van der Waals surface area contributed by atoms with Crippen molar-refractivity contribution >= 4 is 32.3 Å². The van der Waals surface area contributed by atoms with Crippen molar-refractivity contribution < 1.29 is 9.62 Å². The van der Waals surface area contributed by atoms with Crippen molar-refractivity contribution in [3.8, 4) is 5.75 Å². The first-order valence-electron chi connectivity index (χ1n) is 4.83. The molecule has 0 fully saturated rings. The minimum absolute atomic E-state index is 0.00639. The number of halogens is 1. The predicted molar refractivity (Wildman–Crippen MR) is 62.0 cm³/mol. The Labute approximate surface area is 100 Å². The van der Waals surface area contributed by atoms with Crippen LogP contribution in [-0.4, -0.2) is 5.10 Å². The van der Waals surface area contributed by atoms with E-state index in [1.54, 1.807) is 22.8 Å². The lowest BCUT2D eigenvalue weighted by Crippen LogP contribution is -2.27. The van der Waals surface area contributed by atoms with Crippen LogP contribution in [0.5, 0.6) is 5.75 Å². The summed E-state index contributed by atoms with van der Waals surface area (Å²) in [5.41, 5.74) is 1.30. The summed E-state index contributed by atoms with van der Waals surface area (Å²) in [6, 6.07) is 11.0. The minimum Gasteiger partial charge on any atom is -0.867 e. The van der Waals surface area contributed by atoms with Gasteiger partial charge in [-0.3, -0.25) is 0 Å². The van der Waals surface area contributed by atoms with E-state index in [-0.39, 0.29) is 5.75 Å². The lowest BCUT2D eigenvalue weighted by molar-refractivity contribution is -0.580. The Morgan fingerprint density at radius 3 is 2.94 bits per heavy atom. The second-order valence-corrected chi connectivity index (χ2v) is 4.44. The Kier molecular flexibility index (Phi) is 2.04. The first-order chi connectivity index (χ1) is 7.75. The van der Waals surface area contributed by atoms with Crippen molar-refractivity contribution in [2.24, 2.45) is 0 Å². The van der Waals surface area contributed by atoms with E-state index in [0.29, 0.717) is 16.4 Å². The standard InChI is InChI=1S/C12H7BrN2O/c13-8-4-5-10-9(7-8)12(16)11-3-1-2-6-15(11)14-10/h1-7H. The summed E-state index contributed by atoms with van der Waals surface area (Å²) < 4.78 is 2.50. The number of nitrogens with zero attached hydrogens (tertiary/aromatic N) is 2. The highest BCUT2D eigenvalue weighted by Crippen LogP contribution is 2.25. The quantitative estimate of drug-likeness (QED) is 0.463. The minimum atomic E-state index is 0.00639. The van der Waals surface area contributed by atoms with Gasteiger partial charge in [-0.2, -0.15) is 0 Å². The van der Waals surface area contributed by atoms with E-state index in [0.717, 1.165) is 4.47 Å². The maximum Gasteiger partial charge on any atom is 0.231 e. The molecule has 0 saturated carbocycles. The molecule has 0 bridgehead atoms. The third-order valence-corrected chi connectivity index (χ3v) is 2.98. The Bertz CT molecular complexity index is 697. The van der Waals surface area contributed by atoms with Gasteiger partial charge < -0.3 is 5.11 Å². The smallest absolute Gasteiger partial charge is 0.231 e. The first-order valence-corrected chi connectivity index (χ1v) is 5.62. The van der Waals surface area contributed by atoms with Gasteiger partial charge in [-0.1, -0.05) is 20.4 Å². The highest BCUT2D eigenvalue weighted by molar-refractivity contribution is 9.10. The monoisotopic (exact) mass is 274 g/mol. The first kappa shape index (κ1) is 9.54. The molecule has 0 aliphatic carbocycles. The Morgan fingerprint density at radius 1 is 1.19 bits per heavy atom. The number of benzene rings is 1.